The maximum absolute atomic E-state index is 12.6. The quantitative estimate of drug-likeness (QED) is 0.739. The number of nitrogens with zero attached hydrogens (tertiary/aromatic N) is 2. The molecule has 0 spiro atoms. The fourth-order valence-electron chi connectivity index (χ4n) is 2.53. The van der Waals surface area contributed by atoms with E-state index in [1.54, 1.807) is 13.0 Å². The van der Waals surface area contributed by atoms with Crippen LogP contribution in [0.5, 0.6) is 0 Å². The van der Waals surface area contributed by atoms with Crippen molar-refractivity contribution in [2.24, 2.45) is 0 Å². The van der Waals surface area contributed by atoms with E-state index in [0.29, 0.717) is 31.3 Å². The second-order valence-electron chi connectivity index (χ2n) is 5.96. The minimum atomic E-state index is -3.56. The van der Waals surface area contributed by atoms with Crippen LogP contribution in [0.4, 0.5) is 5.69 Å². The van der Waals surface area contributed by atoms with Crippen LogP contribution < -0.4 is 5.32 Å². The van der Waals surface area contributed by atoms with E-state index in [0.717, 1.165) is 5.69 Å². The molecule has 1 amide bonds. The molecule has 1 atom stereocenters. The van der Waals surface area contributed by atoms with Crippen LogP contribution >= 0.6 is 11.8 Å². The van der Waals surface area contributed by atoms with E-state index in [1.807, 2.05) is 30.3 Å². The summed E-state index contributed by atoms with van der Waals surface area (Å²) in [5.41, 5.74) is 0.731. The molecule has 1 fully saturated rings. The predicted octanol–water partition coefficient (Wildman–Crippen LogP) is 2.22. The lowest BCUT2D eigenvalue weighted by Gasteiger charge is -2.25. The van der Waals surface area contributed by atoms with E-state index in [4.69, 9.17) is 4.74 Å². The number of amides is 1. The maximum Gasteiger partial charge on any atom is 0.244 e. The summed E-state index contributed by atoms with van der Waals surface area (Å²) in [6.07, 6.45) is 1.34. The highest BCUT2D eigenvalue weighted by Gasteiger charge is 2.26. The second kappa shape index (κ2) is 8.83. The molecule has 1 aromatic carbocycles. The Morgan fingerprint density at radius 3 is 2.52 bits per heavy atom. The third kappa shape index (κ3) is 5.07. The SMILES string of the molecule is CC(Sc1ccc(S(=O)(=O)N2CCOCC2)cn1)C(=O)Nc1ccccc1. The maximum atomic E-state index is 12.6. The van der Waals surface area contributed by atoms with Crippen LogP contribution in [-0.4, -0.2) is 55.2 Å². The van der Waals surface area contributed by atoms with Crippen molar-refractivity contribution >= 4 is 33.4 Å². The van der Waals surface area contributed by atoms with E-state index in [9.17, 15) is 13.2 Å². The number of hydrogen-bond donors (Lipinski definition) is 1. The van der Waals surface area contributed by atoms with Crippen molar-refractivity contribution in [2.45, 2.75) is 22.1 Å². The van der Waals surface area contributed by atoms with E-state index >= 15 is 0 Å². The van der Waals surface area contributed by atoms with Crippen LogP contribution in [0, 0.1) is 0 Å². The van der Waals surface area contributed by atoms with Gasteiger partial charge in [-0.1, -0.05) is 30.0 Å². The van der Waals surface area contributed by atoms with Gasteiger partial charge in [0.15, 0.2) is 0 Å². The van der Waals surface area contributed by atoms with Crippen LogP contribution in [0.3, 0.4) is 0 Å². The van der Waals surface area contributed by atoms with Crippen molar-refractivity contribution in [3.8, 4) is 0 Å². The molecule has 144 valence electrons. The number of ether oxygens (including phenoxy) is 1. The zero-order valence-electron chi connectivity index (χ0n) is 14.9. The predicted molar refractivity (Wildman–Crippen MR) is 104 cm³/mol. The average Bonchev–Trinajstić information content (AvgIpc) is 2.70. The molecule has 1 aliphatic rings. The molecule has 0 aliphatic carbocycles. The van der Waals surface area contributed by atoms with Crippen molar-refractivity contribution < 1.29 is 17.9 Å². The first-order chi connectivity index (χ1) is 13.0. The number of thioether (sulfide) groups is 1. The monoisotopic (exact) mass is 407 g/mol. The van der Waals surface area contributed by atoms with Crippen molar-refractivity contribution in [3.63, 3.8) is 0 Å². The number of nitrogens with one attached hydrogen (secondary N) is 1. The van der Waals surface area contributed by atoms with E-state index in [2.05, 4.69) is 10.3 Å². The summed E-state index contributed by atoms with van der Waals surface area (Å²) >= 11 is 1.27. The molecule has 1 aliphatic heterocycles. The summed E-state index contributed by atoms with van der Waals surface area (Å²) in [4.78, 5) is 16.6. The van der Waals surface area contributed by atoms with Gasteiger partial charge in [0, 0.05) is 25.0 Å². The van der Waals surface area contributed by atoms with Gasteiger partial charge in [0.25, 0.3) is 0 Å². The molecule has 1 saturated heterocycles. The number of morpholine rings is 1. The van der Waals surface area contributed by atoms with E-state index in [-0.39, 0.29) is 16.1 Å². The molecular formula is C18H21N3O4S2. The van der Waals surface area contributed by atoms with Gasteiger partial charge in [0.05, 0.1) is 23.5 Å². The van der Waals surface area contributed by atoms with Crippen molar-refractivity contribution in [3.05, 3.63) is 48.7 Å². The van der Waals surface area contributed by atoms with Crippen molar-refractivity contribution in [2.75, 3.05) is 31.6 Å². The summed E-state index contributed by atoms with van der Waals surface area (Å²) in [5.74, 6) is -0.141. The number of carbonyl (C=O) groups is 1. The number of anilines is 1. The Bertz CT molecular complexity index is 867. The lowest BCUT2D eigenvalue weighted by molar-refractivity contribution is -0.115. The first kappa shape index (κ1) is 19.8. The molecule has 0 radical (unpaired) electrons. The molecule has 2 heterocycles. The minimum absolute atomic E-state index is 0.141. The van der Waals surface area contributed by atoms with Crippen LogP contribution in [0.1, 0.15) is 6.92 Å². The van der Waals surface area contributed by atoms with Gasteiger partial charge in [-0.05, 0) is 31.2 Å². The summed E-state index contributed by atoms with van der Waals surface area (Å²) in [6, 6.07) is 12.4. The first-order valence-corrected chi connectivity index (χ1v) is 10.9. The lowest BCUT2D eigenvalue weighted by atomic mass is 10.3. The topological polar surface area (TPSA) is 88.6 Å². The average molecular weight is 408 g/mol. The third-order valence-electron chi connectivity index (χ3n) is 4.03. The van der Waals surface area contributed by atoms with Crippen LogP contribution in [0.2, 0.25) is 0 Å². The lowest BCUT2D eigenvalue weighted by Crippen LogP contribution is -2.40. The molecule has 0 bridgehead atoms. The Morgan fingerprint density at radius 2 is 1.89 bits per heavy atom. The molecule has 3 rings (SSSR count). The standard InChI is InChI=1S/C18H21N3O4S2/c1-14(18(22)20-15-5-3-2-4-6-15)26-17-8-7-16(13-19-17)27(23,24)21-9-11-25-12-10-21/h2-8,13-14H,9-12H2,1H3,(H,20,22). The molecular weight excluding hydrogens is 386 g/mol. The van der Waals surface area contributed by atoms with Gasteiger partial charge in [0.1, 0.15) is 4.90 Å². The number of benzene rings is 1. The van der Waals surface area contributed by atoms with Crippen LogP contribution in [0.15, 0.2) is 58.6 Å². The Morgan fingerprint density at radius 1 is 1.19 bits per heavy atom. The van der Waals surface area contributed by atoms with Crippen LogP contribution in [0.25, 0.3) is 0 Å². The van der Waals surface area contributed by atoms with Crippen molar-refractivity contribution in [1.82, 2.24) is 9.29 Å². The third-order valence-corrected chi connectivity index (χ3v) is 6.96. The smallest absolute Gasteiger partial charge is 0.244 e. The van der Waals surface area contributed by atoms with Gasteiger partial charge >= 0.3 is 0 Å². The molecule has 0 saturated carbocycles. The van der Waals surface area contributed by atoms with Gasteiger partial charge < -0.3 is 10.1 Å². The second-order valence-corrected chi connectivity index (χ2v) is 9.26. The summed E-state index contributed by atoms with van der Waals surface area (Å²) in [7, 11) is -3.56. The Labute approximate surface area is 163 Å². The van der Waals surface area contributed by atoms with Gasteiger partial charge in [-0.3, -0.25) is 4.79 Å². The molecule has 1 unspecified atom stereocenters. The summed E-state index contributed by atoms with van der Waals surface area (Å²) < 4.78 is 31.8. The highest BCUT2D eigenvalue weighted by molar-refractivity contribution is 8.00. The fraction of sp³-hybridized carbons (Fsp3) is 0.333. The van der Waals surface area contributed by atoms with Crippen molar-refractivity contribution in [1.29, 1.82) is 0 Å². The summed E-state index contributed by atoms with van der Waals surface area (Å²) in [5, 5.41) is 3.05. The zero-order valence-corrected chi connectivity index (χ0v) is 16.5. The fourth-order valence-corrected chi connectivity index (χ4v) is 4.67. The number of para-hydroxylation sites is 1. The highest BCUT2D eigenvalue weighted by atomic mass is 32.2. The van der Waals surface area contributed by atoms with Gasteiger partial charge in [-0.25, -0.2) is 13.4 Å². The summed E-state index contributed by atoms with van der Waals surface area (Å²) in [6.45, 7) is 3.26. The number of aromatic nitrogens is 1. The Kier molecular flexibility index (Phi) is 6.48. The van der Waals surface area contributed by atoms with E-state index < -0.39 is 10.0 Å². The number of sulfonamides is 1. The Balaban J connectivity index is 1.62. The zero-order chi connectivity index (χ0) is 19.3. The normalized spacial score (nSPS) is 16.6. The molecule has 7 nitrogen and oxygen atoms in total. The molecule has 2 aromatic rings. The highest BCUT2D eigenvalue weighted by Crippen LogP contribution is 2.24. The van der Waals surface area contributed by atoms with E-state index in [1.165, 1.54) is 28.3 Å². The number of carbonyl (C=O) groups excluding carboxylic acids is 1. The van der Waals surface area contributed by atoms with Gasteiger partial charge in [-0.2, -0.15) is 4.31 Å². The van der Waals surface area contributed by atoms with Gasteiger partial charge in [-0.15, -0.1) is 0 Å². The number of pyridine rings is 1. The molecule has 9 heteroatoms. The molecule has 27 heavy (non-hydrogen) atoms. The molecule has 1 N–H and O–H groups in total. The number of hydrogen-bond acceptors (Lipinski definition) is 6. The minimum Gasteiger partial charge on any atom is -0.379 e. The van der Waals surface area contributed by atoms with Gasteiger partial charge in [0.2, 0.25) is 15.9 Å². The number of rotatable bonds is 6. The largest absolute Gasteiger partial charge is 0.379 e. The first-order valence-electron chi connectivity index (χ1n) is 8.53. The Hall–Kier alpha value is -1.94. The molecule has 1 aromatic heterocycles. The van der Waals surface area contributed by atoms with Crippen LogP contribution in [-0.2, 0) is 19.6 Å².